The number of alkyl carbamates (subject to hydrolysis) is 1. The number of ether oxygens (including phenoxy) is 4. The minimum Gasteiger partial charge on any atom is -0.460 e. The average Bonchev–Trinajstić information content (AvgIpc) is 3.19. The molecule has 0 spiro atoms. The Bertz CT molecular complexity index is 1970. The number of amides is 6. The van der Waals surface area contributed by atoms with Gasteiger partial charge in [-0.05, 0) is 96.6 Å². The van der Waals surface area contributed by atoms with Crippen molar-refractivity contribution in [3.63, 3.8) is 0 Å². The van der Waals surface area contributed by atoms with Crippen LogP contribution in [0.4, 0.5) is 21.0 Å². The highest BCUT2D eigenvalue weighted by Gasteiger charge is 2.32. The van der Waals surface area contributed by atoms with Gasteiger partial charge in [0.15, 0.2) is 0 Å². The van der Waals surface area contributed by atoms with Gasteiger partial charge in [0.05, 0.1) is 4.92 Å². The Morgan fingerprint density at radius 2 is 1.32 bits per heavy atom. The number of esters is 1. The molecule has 2 aromatic rings. The lowest BCUT2D eigenvalue weighted by Gasteiger charge is -2.28. The van der Waals surface area contributed by atoms with Crippen LogP contribution in [0, 0.1) is 16.0 Å². The molecular weight excluding hydrogens is 851 g/mol. The third-order valence-corrected chi connectivity index (χ3v) is 8.81. The molecule has 3 atom stereocenters. The van der Waals surface area contributed by atoms with Gasteiger partial charge in [-0.2, -0.15) is 0 Å². The highest BCUT2D eigenvalue weighted by atomic mass is 16.7. The molecule has 6 amide bonds. The van der Waals surface area contributed by atoms with Gasteiger partial charge in [0.25, 0.3) is 5.69 Å². The van der Waals surface area contributed by atoms with E-state index in [4.69, 9.17) is 18.9 Å². The first-order valence-electron chi connectivity index (χ1n) is 21.0. The lowest BCUT2D eigenvalue weighted by molar-refractivity contribution is -0.384. The number of non-ortho nitro benzene ring substituents is 1. The molecule has 0 aliphatic carbocycles. The molecule has 65 heavy (non-hydrogen) atoms. The monoisotopic (exact) mass is 913 g/mol. The Hall–Kier alpha value is -6.80. The highest BCUT2D eigenvalue weighted by molar-refractivity contribution is 5.99. The van der Waals surface area contributed by atoms with E-state index in [2.05, 4.69) is 26.6 Å². The maximum atomic E-state index is 13.9. The molecule has 358 valence electrons. The van der Waals surface area contributed by atoms with E-state index in [9.17, 15) is 48.5 Å². The fourth-order valence-electron chi connectivity index (χ4n) is 5.58. The summed E-state index contributed by atoms with van der Waals surface area (Å²) in [6.07, 6.45) is -2.14. The third kappa shape index (κ3) is 21.9. The van der Waals surface area contributed by atoms with Crippen LogP contribution in [0.5, 0.6) is 5.75 Å². The highest BCUT2D eigenvalue weighted by Crippen LogP contribution is 2.19. The second kappa shape index (κ2) is 25.5. The van der Waals surface area contributed by atoms with Gasteiger partial charge in [-0.25, -0.2) is 9.59 Å². The van der Waals surface area contributed by atoms with E-state index in [1.54, 1.807) is 81.6 Å². The smallest absolute Gasteiger partial charge is 0.460 e. The second-order valence-corrected chi connectivity index (χ2v) is 17.5. The van der Waals surface area contributed by atoms with Crippen LogP contribution in [-0.4, -0.2) is 108 Å². The van der Waals surface area contributed by atoms with Crippen molar-refractivity contribution in [1.82, 2.24) is 26.2 Å². The minimum atomic E-state index is -1.28. The zero-order valence-corrected chi connectivity index (χ0v) is 38.7. The van der Waals surface area contributed by atoms with E-state index in [0.29, 0.717) is 5.56 Å². The van der Waals surface area contributed by atoms with Gasteiger partial charge in [0.1, 0.15) is 41.7 Å². The lowest BCUT2D eigenvalue weighted by atomic mass is 10.0. The summed E-state index contributed by atoms with van der Waals surface area (Å²) < 4.78 is 20.8. The molecule has 2 rings (SSSR count). The summed E-state index contributed by atoms with van der Waals surface area (Å²) in [5.74, 6) is -4.10. The number of anilines is 1. The van der Waals surface area contributed by atoms with Crippen molar-refractivity contribution in [1.29, 1.82) is 0 Å². The van der Waals surface area contributed by atoms with Crippen LogP contribution in [0.2, 0.25) is 0 Å². The SMILES string of the molecule is CC(C)[C@H](NC(=O)[C@H](CCC(=O)OC(C)(C)C)NC(=O)CCCC(=O)N(C)C)C(=O)N[C@@H](CCNC(=O)OC(C)(C)C)C(=O)Nc1ccc(COC(=O)Oc2ccc([N+](=O)[O-])cc2)cc1. The van der Waals surface area contributed by atoms with Gasteiger partial charge in [0.2, 0.25) is 29.5 Å². The van der Waals surface area contributed by atoms with E-state index in [1.165, 1.54) is 41.3 Å². The van der Waals surface area contributed by atoms with E-state index >= 15 is 0 Å². The number of nitrogens with one attached hydrogen (secondary N) is 5. The fraction of sp³-hybridized carbons (Fsp3) is 0.545. The summed E-state index contributed by atoms with van der Waals surface area (Å²) in [6, 6.07) is 7.16. The molecule has 0 unspecified atom stereocenters. The van der Waals surface area contributed by atoms with Crippen LogP contribution < -0.4 is 31.3 Å². The topological polar surface area (TPSA) is 280 Å². The summed E-state index contributed by atoms with van der Waals surface area (Å²) >= 11 is 0. The summed E-state index contributed by atoms with van der Waals surface area (Å²) in [5.41, 5.74) is -1.00. The predicted molar refractivity (Wildman–Crippen MR) is 236 cm³/mol. The normalized spacial score (nSPS) is 12.6. The molecule has 0 fully saturated rings. The number of benzene rings is 2. The predicted octanol–water partition coefficient (Wildman–Crippen LogP) is 4.65. The molecule has 0 aromatic heterocycles. The van der Waals surface area contributed by atoms with Crippen molar-refractivity contribution in [2.45, 2.75) is 130 Å². The lowest BCUT2D eigenvalue weighted by Crippen LogP contribution is -2.58. The Labute approximate surface area is 378 Å². The first-order chi connectivity index (χ1) is 30.2. The largest absolute Gasteiger partial charge is 0.514 e. The number of nitro groups is 1. The van der Waals surface area contributed by atoms with Gasteiger partial charge in [-0.1, -0.05) is 26.0 Å². The summed E-state index contributed by atoms with van der Waals surface area (Å²) in [5, 5.41) is 24.0. The Morgan fingerprint density at radius 1 is 0.723 bits per heavy atom. The molecule has 21 heteroatoms. The molecule has 0 bridgehead atoms. The molecule has 21 nitrogen and oxygen atoms in total. The second-order valence-electron chi connectivity index (χ2n) is 17.5. The molecule has 0 saturated heterocycles. The Kier molecular flexibility index (Phi) is 21.3. The van der Waals surface area contributed by atoms with Crippen LogP contribution in [0.25, 0.3) is 0 Å². The van der Waals surface area contributed by atoms with Crippen LogP contribution in [-0.2, 0) is 49.6 Å². The Morgan fingerprint density at radius 3 is 1.88 bits per heavy atom. The number of hydrogen-bond donors (Lipinski definition) is 5. The van der Waals surface area contributed by atoms with Gasteiger partial charge >= 0.3 is 18.2 Å². The molecule has 0 heterocycles. The van der Waals surface area contributed by atoms with Gasteiger partial charge in [0, 0.05) is 57.7 Å². The van der Waals surface area contributed by atoms with Gasteiger partial charge in [-0.3, -0.25) is 38.9 Å². The van der Waals surface area contributed by atoms with Crippen LogP contribution in [0.15, 0.2) is 48.5 Å². The molecule has 0 aliphatic rings. The first kappa shape index (κ1) is 54.3. The van der Waals surface area contributed by atoms with Crippen molar-refractivity contribution in [3.8, 4) is 5.75 Å². The van der Waals surface area contributed by atoms with Crippen molar-refractivity contribution in [3.05, 3.63) is 64.2 Å². The maximum Gasteiger partial charge on any atom is 0.514 e. The van der Waals surface area contributed by atoms with E-state index in [-0.39, 0.29) is 74.7 Å². The zero-order valence-electron chi connectivity index (χ0n) is 38.7. The van der Waals surface area contributed by atoms with Crippen molar-refractivity contribution in [2.75, 3.05) is 26.0 Å². The van der Waals surface area contributed by atoms with Crippen LogP contribution in [0.3, 0.4) is 0 Å². The summed E-state index contributed by atoms with van der Waals surface area (Å²) in [6.45, 7) is 13.1. The molecule has 5 N–H and O–H groups in total. The van der Waals surface area contributed by atoms with Crippen LogP contribution >= 0.6 is 0 Å². The molecule has 2 aromatic carbocycles. The molecular formula is C44H63N7O14. The summed E-state index contributed by atoms with van der Waals surface area (Å²) in [7, 11) is 3.18. The number of carbonyl (C=O) groups is 8. The van der Waals surface area contributed by atoms with Crippen molar-refractivity contribution >= 4 is 59.1 Å². The Balaban J connectivity index is 2.22. The van der Waals surface area contributed by atoms with Crippen molar-refractivity contribution in [2.24, 2.45) is 5.92 Å². The molecule has 0 radical (unpaired) electrons. The molecule has 0 saturated carbocycles. The average molecular weight is 914 g/mol. The summed E-state index contributed by atoms with van der Waals surface area (Å²) in [4.78, 5) is 115. The van der Waals surface area contributed by atoms with Gasteiger partial charge in [-0.15, -0.1) is 0 Å². The van der Waals surface area contributed by atoms with Gasteiger partial charge < -0.3 is 50.4 Å². The van der Waals surface area contributed by atoms with E-state index in [0.717, 1.165) is 0 Å². The number of carbonyl (C=O) groups excluding carboxylic acids is 8. The minimum absolute atomic E-state index is 0.0363. The quantitative estimate of drug-likeness (QED) is 0.0354. The van der Waals surface area contributed by atoms with Crippen molar-refractivity contribution < 1.29 is 62.2 Å². The third-order valence-electron chi connectivity index (χ3n) is 8.81. The fourth-order valence-corrected chi connectivity index (χ4v) is 5.58. The number of nitro benzene ring substituents is 1. The van der Waals surface area contributed by atoms with Crippen LogP contribution in [0.1, 0.15) is 99.5 Å². The number of hydrogen-bond acceptors (Lipinski definition) is 14. The standard InChI is InChI=1S/C44H63N7O14/c1-27(2)37(49-39(56)32(22-23-36(54)64-43(3,4)5)47-34(52)12-11-13-35(53)50(9)10)40(57)48-33(24-25-45-41(58)65-44(6,7)8)38(55)46-29-16-14-28(15-17-29)26-62-42(59)63-31-20-18-30(19-21-31)51(60)61/h14-21,27,32-33,37H,11-13,22-26H2,1-10H3,(H,45,58)(H,46,55)(H,47,52)(H,48,57)(H,49,56)/t32-,33-,37-/m0/s1. The number of rotatable bonds is 22. The van der Waals surface area contributed by atoms with E-state index in [1.807, 2.05) is 0 Å². The van der Waals surface area contributed by atoms with E-state index < -0.39 is 82.0 Å². The maximum absolute atomic E-state index is 13.9. The molecule has 0 aliphatic heterocycles. The zero-order chi connectivity index (χ0) is 49.1. The first-order valence-corrected chi connectivity index (χ1v) is 21.0. The number of nitrogens with zero attached hydrogens (tertiary/aromatic N) is 2.